The lowest BCUT2D eigenvalue weighted by Crippen LogP contribution is -2.29. The van der Waals surface area contributed by atoms with Gasteiger partial charge in [0, 0.05) is 21.9 Å². The highest BCUT2D eigenvalue weighted by Crippen LogP contribution is 2.28. The molecule has 1 aliphatic carbocycles. The Morgan fingerprint density at radius 2 is 1.69 bits per heavy atom. The fourth-order valence-electron chi connectivity index (χ4n) is 1.73. The number of hydrogen-bond acceptors (Lipinski definition) is 2. The summed E-state index contributed by atoms with van der Waals surface area (Å²) < 4.78 is 0. The molecule has 0 amide bonds. The van der Waals surface area contributed by atoms with Gasteiger partial charge in [-0.1, -0.05) is 23.6 Å². The van der Waals surface area contributed by atoms with Gasteiger partial charge in [-0.05, 0) is 29.8 Å². The van der Waals surface area contributed by atoms with Crippen LogP contribution in [0.15, 0.2) is 10.2 Å². The highest BCUT2D eigenvalue weighted by Gasteiger charge is 2.26. The van der Waals surface area contributed by atoms with Crippen LogP contribution in [0.25, 0.3) is 20.9 Å². The minimum atomic E-state index is -0.148. The molecule has 6 nitrogen and oxygen atoms in total. The van der Waals surface area contributed by atoms with Gasteiger partial charge in [-0.25, -0.2) is 0 Å². The highest BCUT2D eigenvalue weighted by molar-refractivity contribution is 4.88. The Hall–Kier alpha value is -1.38. The summed E-state index contributed by atoms with van der Waals surface area (Å²) in [6, 6.07) is -0.290. The molecule has 0 heterocycles. The molecule has 1 aliphatic rings. The van der Waals surface area contributed by atoms with Gasteiger partial charge in [0.2, 0.25) is 0 Å². The Morgan fingerprint density at radius 1 is 1.08 bits per heavy atom. The van der Waals surface area contributed by atoms with Gasteiger partial charge >= 0.3 is 0 Å². The summed E-state index contributed by atoms with van der Waals surface area (Å²) in [6.45, 7) is 2.12. The zero-order valence-corrected chi connectivity index (χ0v) is 7.54. The molecule has 1 rings (SSSR count). The van der Waals surface area contributed by atoms with Crippen LogP contribution in [0.5, 0.6) is 0 Å². The smallest absolute Gasteiger partial charge is 0.0460 e. The SMILES string of the molecule is C[C@H]1CC[C@@H](N=[N+]=[N-])[C@H](N=[N+]=[N-])C1. The van der Waals surface area contributed by atoms with Gasteiger partial charge in [-0.15, -0.1) is 0 Å². The van der Waals surface area contributed by atoms with Gasteiger partial charge in [-0.2, -0.15) is 0 Å². The lowest BCUT2D eigenvalue weighted by molar-refractivity contribution is 0.306. The van der Waals surface area contributed by atoms with Gasteiger partial charge in [0.05, 0.1) is 0 Å². The topological polar surface area (TPSA) is 97.5 Å². The first-order chi connectivity index (χ1) is 6.27. The quantitative estimate of drug-likeness (QED) is 0.354. The van der Waals surface area contributed by atoms with Crippen molar-refractivity contribution < 1.29 is 0 Å². The van der Waals surface area contributed by atoms with E-state index in [1.54, 1.807) is 0 Å². The average Bonchev–Trinajstić information content (AvgIpc) is 2.10. The predicted octanol–water partition coefficient (Wildman–Crippen LogP) is 3.16. The second kappa shape index (κ2) is 4.60. The van der Waals surface area contributed by atoms with Crippen LogP contribution < -0.4 is 0 Å². The summed E-state index contributed by atoms with van der Waals surface area (Å²) in [5, 5.41) is 7.28. The zero-order chi connectivity index (χ0) is 9.68. The van der Waals surface area contributed by atoms with Crippen molar-refractivity contribution in [3.63, 3.8) is 0 Å². The third-order valence-electron chi connectivity index (χ3n) is 2.44. The Labute approximate surface area is 76.2 Å². The average molecular weight is 180 g/mol. The first-order valence-corrected chi connectivity index (χ1v) is 4.36. The van der Waals surface area contributed by atoms with Crippen molar-refractivity contribution in [2.24, 2.45) is 16.1 Å². The van der Waals surface area contributed by atoms with E-state index in [9.17, 15) is 0 Å². The van der Waals surface area contributed by atoms with Crippen molar-refractivity contribution in [1.82, 2.24) is 0 Å². The fourth-order valence-corrected chi connectivity index (χ4v) is 1.73. The summed E-state index contributed by atoms with van der Waals surface area (Å²) in [7, 11) is 0. The number of hydrogen-bond donors (Lipinski definition) is 0. The molecule has 0 aromatic rings. The van der Waals surface area contributed by atoms with E-state index in [1.165, 1.54) is 0 Å². The summed E-state index contributed by atoms with van der Waals surface area (Å²) in [5.74, 6) is 0.556. The molecule has 0 unspecified atom stereocenters. The number of azide groups is 2. The van der Waals surface area contributed by atoms with E-state index in [0.29, 0.717) is 5.92 Å². The standard InChI is InChI=1S/C7H12N6/c1-5-2-3-6(10-12-8)7(4-5)11-13-9/h5-7H,2-4H2,1H3/t5-,6+,7+/m0/s1. The van der Waals surface area contributed by atoms with E-state index in [-0.39, 0.29) is 12.1 Å². The maximum absolute atomic E-state index is 8.31. The Morgan fingerprint density at radius 3 is 2.31 bits per heavy atom. The van der Waals surface area contributed by atoms with Crippen molar-refractivity contribution in [3.8, 4) is 0 Å². The van der Waals surface area contributed by atoms with E-state index >= 15 is 0 Å². The second-order valence-electron chi connectivity index (χ2n) is 3.46. The van der Waals surface area contributed by atoms with Crippen LogP contribution in [0.2, 0.25) is 0 Å². The molecule has 1 fully saturated rings. The molecule has 1 saturated carbocycles. The Balaban J connectivity index is 2.70. The molecule has 0 aliphatic heterocycles. The van der Waals surface area contributed by atoms with Crippen molar-refractivity contribution in [1.29, 1.82) is 0 Å². The van der Waals surface area contributed by atoms with Crippen molar-refractivity contribution in [3.05, 3.63) is 20.9 Å². The first kappa shape index (κ1) is 9.71. The highest BCUT2D eigenvalue weighted by atomic mass is 15.2. The van der Waals surface area contributed by atoms with Gasteiger partial charge < -0.3 is 0 Å². The van der Waals surface area contributed by atoms with Crippen LogP contribution >= 0.6 is 0 Å². The fraction of sp³-hybridized carbons (Fsp3) is 1.00. The van der Waals surface area contributed by atoms with Crippen LogP contribution in [-0.2, 0) is 0 Å². The molecule has 70 valence electrons. The van der Waals surface area contributed by atoms with Gasteiger partial charge in [0.15, 0.2) is 0 Å². The third-order valence-corrected chi connectivity index (χ3v) is 2.44. The second-order valence-corrected chi connectivity index (χ2v) is 3.46. The van der Waals surface area contributed by atoms with Crippen LogP contribution in [0, 0.1) is 5.92 Å². The minimum absolute atomic E-state index is 0.142. The van der Waals surface area contributed by atoms with Crippen molar-refractivity contribution >= 4 is 0 Å². The molecular formula is C7H12N6. The van der Waals surface area contributed by atoms with Crippen LogP contribution in [0.3, 0.4) is 0 Å². The van der Waals surface area contributed by atoms with Gasteiger partial charge in [-0.3, -0.25) is 0 Å². The van der Waals surface area contributed by atoms with Crippen LogP contribution in [0.1, 0.15) is 26.2 Å². The molecule has 0 N–H and O–H groups in total. The molecule has 6 heteroatoms. The molecule has 0 aromatic carbocycles. The van der Waals surface area contributed by atoms with E-state index < -0.39 is 0 Å². The van der Waals surface area contributed by atoms with Gasteiger partial charge in [0.1, 0.15) is 0 Å². The van der Waals surface area contributed by atoms with Crippen LogP contribution in [0.4, 0.5) is 0 Å². The van der Waals surface area contributed by atoms with Crippen LogP contribution in [-0.4, -0.2) is 12.1 Å². The van der Waals surface area contributed by atoms with Crippen molar-refractivity contribution in [2.75, 3.05) is 0 Å². The molecular weight excluding hydrogens is 168 g/mol. The minimum Gasteiger partial charge on any atom is -0.0902 e. The summed E-state index contributed by atoms with van der Waals surface area (Å²) in [6.07, 6.45) is 2.70. The molecule has 0 spiro atoms. The van der Waals surface area contributed by atoms with Gasteiger partial charge in [0.25, 0.3) is 0 Å². The number of nitrogens with zero attached hydrogens (tertiary/aromatic N) is 6. The van der Waals surface area contributed by atoms with E-state index in [4.69, 9.17) is 11.1 Å². The molecule has 0 bridgehead atoms. The summed E-state index contributed by atoms with van der Waals surface area (Å²) >= 11 is 0. The Bertz CT molecular complexity index is 262. The summed E-state index contributed by atoms with van der Waals surface area (Å²) in [4.78, 5) is 5.53. The van der Waals surface area contributed by atoms with E-state index in [1.807, 2.05) is 0 Å². The normalized spacial score (nSPS) is 32.8. The molecule has 0 aromatic heterocycles. The molecule has 13 heavy (non-hydrogen) atoms. The molecule has 0 saturated heterocycles. The number of rotatable bonds is 2. The van der Waals surface area contributed by atoms with E-state index in [2.05, 4.69) is 27.0 Å². The maximum atomic E-state index is 8.31. The third kappa shape index (κ3) is 2.54. The molecule has 0 radical (unpaired) electrons. The lowest BCUT2D eigenvalue weighted by Gasteiger charge is -2.28. The van der Waals surface area contributed by atoms with E-state index in [0.717, 1.165) is 19.3 Å². The monoisotopic (exact) mass is 180 g/mol. The lowest BCUT2D eigenvalue weighted by atomic mass is 9.84. The van der Waals surface area contributed by atoms with Crippen molar-refractivity contribution in [2.45, 2.75) is 38.3 Å². The largest absolute Gasteiger partial charge is 0.0902 e. The summed E-state index contributed by atoms with van der Waals surface area (Å²) in [5.41, 5.74) is 16.6. The Kier molecular flexibility index (Phi) is 3.43. The molecule has 3 atom stereocenters. The predicted molar refractivity (Wildman–Crippen MR) is 48.9 cm³/mol. The maximum Gasteiger partial charge on any atom is 0.0460 e. The zero-order valence-electron chi connectivity index (χ0n) is 7.54. The first-order valence-electron chi connectivity index (χ1n) is 4.36.